The van der Waals surface area contributed by atoms with Gasteiger partial charge in [0.15, 0.2) is 12.4 Å². The van der Waals surface area contributed by atoms with Crippen LogP contribution in [0.2, 0.25) is 0 Å². The first kappa shape index (κ1) is 17.9. The third kappa shape index (κ3) is 3.30. The normalized spacial score (nSPS) is 17.8. The molecule has 1 amide bonds. The molecule has 0 N–H and O–H groups in total. The van der Waals surface area contributed by atoms with Crippen molar-refractivity contribution in [3.8, 4) is 5.75 Å². The fourth-order valence-corrected chi connectivity index (χ4v) is 4.77. The molecular formula is C17H20N4O5S. The molecule has 3 heterocycles. The van der Waals surface area contributed by atoms with Gasteiger partial charge in [-0.1, -0.05) is 12.1 Å². The van der Waals surface area contributed by atoms with Crippen LogP contribution in [0.25, 0.3) is 0 Å². The average molecular weight is 392 g/mol. The molecule has 2 aromatic rings. The smallest absolute Gasteiger partial charge is 0.265 e. The number of hydrogen-bond donors (Lipinski definition) is 0. The van der Waals surface area contributed by atoms with Crippen LogP contribution in [0.15, 0.2) is 27.6 Å². The van der Waals surface area contributed by atoms with Crippen molar-refractivity contribution >= 4 is 21.6 Å². The van der Waals surface area contributed by atoms with Gasteiger partial charge in [0.1, 0.15) is 5.75 Å². The van der Waals surface area contributed by atoms with Gasteiger partial charge in [0, 0.05) is 19.5 Å². The largest absolute Gasteiger partial charge is 0.482 e. The molecule has 0 aliphatic carbocycles. The second kappa shape index (κ2) is 6.93. The number of benzene rings is 1. The third-order valence-electron chi connectivity index (χ3n) is 4.69. The Balaban J connectivity index is 1.69. The van der Waals surface area contributed by atoms with Gasteiger partial charge < -0.3 is 9.26 Å². The monoisotopic (exact) mass is 392 g/mol. The lowest BCUT2D eigenvalue weighted by Crippen LogP contribution is -2.38. The van der Waals surface area contributed by atoms with Gasteiger partial charge in [-0.2, -0.15) is 9.29 Å². The van der Waals surface area contributed by atoms with E-state index in [0.717, 1.165) is 12.8 Å². The Morgan fingerprint density at radius 3 is 2.70 bits per heavy atom. The summed E-state index contributed by atoms with van der Waals surface area (Å²) in [5, 5.41) is 3.88. The standard InChI is InChI=1S/C17H20N4O5S/c1-2-16-18-15(19-26-16)10-21-13-9-12(5-6-14(13)25-11-17(21)22)27(23,24)20-7-3-4-8-20/h5-6,9H,2-4,7-8,10-11H2,1H3. The van der Waals surface area contributed by atoms with Gasteiger partial charge in [0.25, 0.3) is 5.91 Å². The molecule has 0 unspecified atom stereocenters. The minimum Gasteiger partial charge on any atom is -0.482 e. The second-order valence-corrected chi connectivity index (χ2v) is 8.41. The first-order valence-corrected chi connectivity index (χ1v) is 10.3. The van der Waals surface area contributed by atoms with E-state index >= 15 is 0 Å². The van der Waals surface area contributed by atoms with E-state index in [1.807, 2.05) is 6.92 Å². The Morgan fingerprint density at radius 2 is 2.00 bits per heavy atom. The molecule has 9 nitrogen and oxygen atoms in total. The van der Waals surface area contributed by atoms with E-state index in [0.29, 0.717) is 42.7 Å². The fraction of sp³-hybridized carbons (Fsp3) is 0.471. The highest BCUT2D eigenvalue weighted by molar-refractivity contribution is 7.89. The highest BCUT2D eigenvalue weighted by atomic mass is 32.2. The van der Waals surface area contributed by atoms with Gasteiger partial charge in [0.05, 0.1) is 17.1 Å². The van der Waals surface area contributed by atoms with Gasteiger partial charge in [-0.3, -0.25) is 9.69 Å². The number of aryl methyl sites for hydroxylation is 1. The zero-order valence-corrected chi connectivity index (χ0v) is 15.7. The number of rotatable bonds is 5. The van der Waals surface area contributed by atoms with E-state index in [1.54, 1.807) is 6.07 Å². The molecule has 27 heavy (non-hydrogen) atoms. The molecule has 1 aromatic heterocycles. The van der Waals surface area contributed by atoms with Crippen molar-refractivity contribution < 1.29 is 22.5 Å². The number of aromatic nitrogens is 2. The number of hydrogen-bond acceptors (Lipinski definition) is 7. The Labute approximate surface area is 157 Å². The van der Waals surface area contributed by atoms with Crippen LogP contribution in [-0.4, -0.2) is 48.5 Å². The number of carbonyl (C=O) groups is 1. The Bertz CT molecular complexity index is 965. The fourth-order valence-electron chi connectivity index (χ4n) is 3.23. The summed E-state index contributed by atoms with van der Waals surface area (Å²) in [6, 6.07) is 4.59. The van der Waals surface area contributed by atoms with Crippen molar-refractivity contribution in [3.63, 3.8) is 0 Å². The summed E-state index contributed by atoms with van der Waals surface area (Å²) in [6.07, 6.45) is 2.31. The van der Waals surface area contributed by atoms with Crippen molar-refractivity contribution in [1.82, 2.24) is 14.4 Å². The zero-order valence-electron chi connectivity index (χ0n) is 14.9. The maximum atomic E-state index is 12.9. The van der Waals surface area contributed by atoms with Crippen molar-refractivity contribution in [3.05, 3.63) is 29.9 Å². The molecule has 1 aromatic carbocycles. The molecule has 1 saturated heterocycles. The molecule has 0 saturated carbocycles. The lowest BCUT2D eigenvalue weighted by Gasteiger charge is -2.29. The van der Waals surface area contributed by atoms with Crippen LogP contribution in [0.1, 0.15) is 31.5 Å². The summed E-state index contributed by atoms with van der Waals surface area (Å²) in [4.78, 5) is 18.2. The van der Waals surface area contributed by atoms with E-state index in [4.69, 9.17) is 9.26 Å². The SMILES string of the molecule is CCc1nc(CN2C(=O)COc3ccc(S(=O)(=O)N4CCCC4)cc32)no1. The quantitative estimate of drug-likeness (QED) is 0.756. The molecule has 4 rings (SSSR count). The summed E-state index contributed by atoms with van der Waals surface area (Å²) in [7, 11) is -3.60. The van der Waals surface area contributed by atoms with E-state index in [1.165, 1.54) is 21.3 Å². The summed E-state index contributed by atoms with van der Waals surface area (Å²) >= 11 is 0. The number of anilines is 1. The number of sulfonamides is 1. The van der Waals surface area contributed by atoms with E-state index < -0.39 is 10.0 Å². The minimum atomic E-state index is -3.60. The predicted octanol–water partition coefficient (Wildman–Crippen LogP) is 1.34. The number of ether oxygens (including phenoxy) is 1. The predicted molar refractivity (Wildman–Crippen MR) is 94.8 cm³/mol. The number of amides is 1. The van der Waals surface area contributed by atoms with Gasteiger partial charge in [-0.05, 0) is 31.0 Å². The first-order valence-electron chi connectivity index (χ1n) is 8.88. The Hall–Kier alpha value is -2.46. The topological polar surface area (TPSA) is 106 Å². The Morgan fingerprint density at radius 1 is 1.22 bits per heavy atom. The highest BCUT2D eigenvalue weighted by Gasteiger charge is 2.32. The maximum Gasteiger partial charge on any atom is 0.265 e. The minimum absolute atomic E-state index is 0.0892. The number of fused-ring (bicyclic) bond motifs is 1. The van der Waals surface area contributed by atoms with Crippen molar-refractivity contribution in [1.29, 1.82) is 0 Å². The van der Waals surface area contributed by atoms with Gasteiger partial charge in [-0.15, -0.1) is 0 Å². The lowest BCUT2D eigenvalue weighted by atomic mass is 10.2. The van der Waals surface area contributed by atoms with Crippen LogP contribution in [0.3, 0.4) is 0 Å². The molecule has 0 radical (unpaired) electrons. The molecule has 0 bridgehead atoms. The third-order valence-corrected chi connectivity index (χ3v) is 6.58. The van der Waals surface area contributed by atoms with E-state index in [2.05, 4.69) is 10.1 Å². The lowest BCUT2D eigenvalue weighted by molar-refractivity contribution is -0.121. The number of carbonyl (C=O) groups excluding carboxylic acids is 1. The molecule has 2 aliphatic heterocycles. The van der Waals surface area contributed by atoms with Crippen molar-refractivity contribution in [2.75, 3.05) is 24.6 Å². The first-order chi connectivity index (χ1) is 13.0. The Kier molecular flexibility index (Phi) is 4.60. The van der Waals surface area contributed by atoms with Crippen LogP contribution in [0, 0.1) is 0 Å². The molecule has 2 aliphatic rings. The zero-order chi connectivity index (χ0) is 19.0. The average Bonchev–Trinajstić information content (AvgIpc) is 3.35. The van der Waals surface area contributed by atoms with E-state index in [9.17, 15) is 13.2 Å². The van der Waals surface area contributed by atoms with Crippen molar-refractivity contribution in [2.45, 2.75) is 37.6 Å². The van der Waals surface area contributed by atoms with Crippen molar-refractivity contribution in [2.24, 2.45) is 0 Å². The number of nitrogens with zero attached hydrogens (tertiary/aromatic N) is 4. The summed E-state index contributed by atoms with van der Waals surface area (Å²) in [6.45, 7) is 2.89. The maximum absolute atomic E-state index is 12.9. The molecule has 1 fully saturated rings. The van der Waals surface area contributed by atoms with Crippen LogP contribution >= 0.6 is 0 Å². The molecule has 144 valence electrons. The summed E-state index contributed by atoms with van der Waals surface area (Å²) in [5.41, 5.74) is 0.398. The second-order valence-electron chi connectivity index (χ2n) is 6.47. The summed E-state index contributed by atoms with van der Waals surface area (Å²) < 4.78 is 37.7. The van der Waals surface area contributed by atoms with Crippen LogP contribution < -0.4 is 9.64 Å². The molecule has 0 atom stereocenters. The molecule has 0 spiro atoms. The van der Waals surface area contributed by atoms with Gasteiger partial charge >= 0.3 is 0 Å². The van der Waals surface area contributed by atoms with E-state index in [-0.39, 0.29) is 24.0 Å². The highest BCUT2D eigenvalue weighted by Crippen LogP contribution is 2.36. The molecular weight excluding hydrogens is 372 g/mol. The van der Waals surface area contributed by atoms with Gasteiger partial charge in [0.2, 0.25) is 15.9 Å². The van der Waals surface area contributed by atoms with Crippen LogP contribution in [0.5, 0.6) is 5.75 Å². The van der Waals surface area contributed by atoms with Crippen LogP contribution in [-0.2, 0) is 27.8 Å². The summed E-state index contributed by atoms with van der Waals surface area (Å²) in [5.74, 6) is 1.01. The van der Waals surface area contributed by atoms with Gasteiger partial charge in [-0.25, -0.2) is 8.42 Å². The molecule has 10 heteroatoms. The van der Waals surface area contributed by atoms with Crippen LogP contribution in [0.4, 0.5) is 5.69 Å².